The van der Waals surface area contributed by atoms with E-state index < -0.39 is 0 Å². The van der Waals surface area contributed by atoms with Crippen molar-refractivity contribution in [2.24, 2.45) is 0 Å². The predicted octanol–water partition coefficient (Wildman–Crippen LogP) is 4.27. The van der Waals surface area contributed by atoms with Crippen molar-refractivity contribution in [2.75, 3.05) is 18.0 Å². The molecule has 0 radical (unpaired) electrons. The number of pyridine rings is 1. The van der Waals surface area contributed by atoms with Crippen molar-refractivity contribution < 1.29 is 5.11 Å². The summed E-state index contributed by atoms with van der Waals surface area (Å²) >= 11 is 0. The molecule has 7 heteroatoms. The Bertz CT molecular complexity index is 1400. The number of aliphatic hydroxyl groups is 1. The second-order valence-electron chi connectivity index (χ2n) is 10.3. The summed E-state index contributed by atoms with van der Waals surface area (Å²) in [6, 6.07) is 13.0. The van der Waals surface area contributed by atoms with E-state index >= 15 is 0 Å². The second kappa shape index (κ2) is 8.12. The Balaban J connectivity index is 1.27. The quantitative estimate of drug-likeness (QED) is 0.475. The van der Waals surface area contributed by atoms with Crippen LogP contribution in [0.15, 0.2) is 48.8 Å². The molecular formula is C28H30N6O. The largest absolute Gasteiger partial charge is 0.393 e. The SMILES string of the molecule is OC1CCCN(c2ncc(-c3ccc4nc5n(c4n3)C3(CCC5)CCc4ccccc43)cn2)CC1. The Morgan fingerprint density at radius 2 is 1.77 bits per heavy atom. The van der Waals surface area contributed by atoms with E-state index in [1.807, 2.05) is 18.5 Å². The topological polar surface area (TPSA) is 80.0 Å². The lowest BCUT2D eigenvalue weighted by atomic mass is 9.83. The number of imidazole rings is 1. The Morgan fingerprint density at radius 1 is 0.886 bits per heavy atom. The molecule has 2 aliphatic heterocycles. The first-order valence-corrected chi connectivity index (χ1v) is 12.9. The molecule has 7 rings (SSSR count). The molecule has 0 amide bonds. The van der Waals surface area contributed by atoms with Crippen LogP contribution in [0.4, 0.5) is 5.95 Å². The molecule has 1 saturated heterocycles. The minimum atomic E-state index is -0.216. The predicted molar refractivity (Wildman–Crippen MR) is 135 cm³/mol. The minimum Gasteiger partial charge on any atom is -0.393 e. The maximum absolute atomic E-state index is 9.95. The summed E-state index contributed by atoms with van der Waals surface area (Å²) in [5.74, 6) is 1.88. The zero-order valence-electron chi connectivity index (χ0n) is 19.9. The molecule has 35 heavy (non-hydrogen) atoms. The molecule has 1 fully saturated rings. The van der Waals surface area contributed by atoms with Crippen LogP contribution in [0.25, 0.3) is 22.4 Å². The highest BCUT2D eigenvalue weighted by Crippen LogP contribution is 2.48. The van der Waals surface area contributed by atoms with Crippen LogP contribution < -0.4 is 4.90 Å². The highest BCUT2D eigenvalue weighted by molar-refractivity contribution is 5.77. The van der Waals surface area contributed by atoms with Crippen LogP contribution >= 0.6 is 0 Å². The molecule has 0 saturated carbocycles. The number of aliphatic hydroxyl groups excluding tert-OH is 1. The van der Waals surface area contributed by atoms with E-state index in [2.05, 4.69) is 49.8 Å². The number of aromatic nitrogens is 5. The molecule has 1 N–H and O–H groups in total. The number of benzene rings is 1. The van der Waals surface area contributed by atoms with E-state index in [-0.39, 0.29) is 11.6 Å². The van der Waals surface area contributed by atoms with Crippen LogP contribution in [0.2, 0.25) is 0 Å². The lowest BCUT2D eigenvalue weighted by Gasteiger charge is -2.37. The average Bonchev–Trinajstić information content (AvgIpc) is 3.37. The summed E-state index contributed by atoms with van der Waals surface area (Å²) in [7, 11) is 0. The molecule has 1 aliphatic carbocycles. The van der Waals surface area contributed by atoms with Gasteiger partial charge in [0.05, 0.1) is 17.3 Å². The van der Waals surface area contributed by atoms with Crippen molar-refractivity contribution in [3.8, 4) is 11.3 Å². The maximum atomic E-state index is 9.95. The van der Waals surface area contributed by atoms with Crippen molar-refractivity contribution in [2.45, 2.75) is 63.0 Å². The normalized spacial score (nSPS) is 23.9. The van der Waals surface area contributed by atoms with Gasteiger partial charge < -0.3 is 14.6 Å². The van der Waals surface area contributed by atoms with Gasteiger partial charge in [0, 0.05) is 37.5 Å². The van der Waals surface area contributed by atoms with E-state index in [0.29, 0.717) is 0 Å². The number of nitrogens with zero attached hydrogens (tertiary/aromatic N) is 6. The van der Waals surface area contributed by atoms with E-state index in [1.54, 1.807) is 0 Å². The Kier molecular flexibility index (Phi) is 4.87. The first kappa shape index (κ1) is 21.0. The molecule has 2 atom stereocenters. The number of hydrogen-bond acceptors (Lipinski definition) is 6. The molecule has 178 valence electrons. The van der Waals surface area contributed by atoms with Crippen molar-refractivity contribution in [1.82, 2.24) is 24.5 Å². The molecule has 3 aromatic heterocycles. The number of anilines is 1. The molecule has 5 heterocycles. The monoisotopic (exact) mass is 466 g/mol. The number of hydrogen-bond donors (Lipinski definition) is 1. The third-order valence-corrected chi connectivity index (χ3v) is 8.23. The van der Waals surface area contributed by atoms with Crippen molar-refractivity contribution in [1.29, 1.82) is 0 Å². The lowest BCUT2D eigenvalue weighted by Crippen LogP contribution is -2.37. The van der Waals surface area contributed by atoms with Gasteiger partial charge in [-0.05, 0) is 68.2 Å². The molecule has 1 spiro atoms. The van der Waals surface area contributed by atoms with E-state index in [1.165, 1.54) is 11.1 Å². The van der Waals surface area contributed by atoms with Gasteiger partial charge in [-0.25, -0.2) is 19.9 Å². The standard InChI is InChI=1S/C28H30N6O/c35-21-6-4-15-33(16-12-21)27-29-17-20(18-30-27)23-9-10-24-26(32-23)34-25(31-24)8-3-13-28(34)14-11-19-5-1-2-7-22(19)28/h1-2,5,7,9-10,17-18,21,35H,3-4,6,8,11-16H2. The fourth-order valence-corrected chi connectivity index (χ4v) is 6.49. The summed E-state index contributed by atoms with van der Waals surface area (Å²) in [5.41, 5.74) is 6.60. The molecule has 0 bridgehead atoms. The zero-order chi connectivity index (χ0) is 23.4. The molecule has 2 unspecified atom stereocenters. The molecule has 7 nitrogen and oxygen atoms in total. The van der Waals surface area contributed by atoms with E-state index in [4.69, 9.17) is 9.97 Å². The Hall–Kier alpha value is -3.32. The van der Waals surface area contributed by atoms with E-state index in [0.717, 1.165) is 98.7 Å². The van der Waals surface area contributed by atoms with Gasteiger partial charge in [-0.2, -0.15) is 0 Å². The summed E-state index contributed by atoms with van der Waals surface area (Å²) < 4.78 is 2.46. The van der Waals surface area contributed by atoms with Gasteiger partial charge in [0.2, 0.25) is 5.95 Å². The summed E-state index contributed by atoms with van der Waals surface area (Å²) in [5, 5.41) is 9.95. The Morgan fingerprint density at radius 3 is 2.69 bits per heavy atom. The van der Waals surface area contributed by atoms with Crippen LogP contribution in [0.1, 0.15) is 55.5 Å². The number of rotatable bonds is 2. The number of aryl methyl sites for hydroxylation is 2. The zero-order valence-corrected chi connectivity index (χ0v) is 19.9. The third-order valence-electron chi connectivity index (χ3n) is 8.23. The second-order valence-corrected chi connectivity index (χ2v) is 10.3. The van der Waals surface area contributed by atoms with Crippen molar-refractivity contribution in [3.05, 3.63) is 65.7 Å². The van der Waals surface area contributed by atoms with Gasteiger partial charge in [0.1, 0.15) is 11.3 Å². The van der Waals surface area contributed by atoms with Crippen molar-refractivity contribution in [3.63, 3.8) is 0 Å². The summed E-state index contributed by atoms with van der Waals surface area (Å²) in [6.07, 6.45) is 11.6. The fraction of sp³-hybridized carbons (Fsp3) is 0.429. The summed E-state index contributed by atoms with van der Waals surface area (Å²) in [6.45, 7) is 1.67. The van der Waals surface area contributed by atoms with Crippen LogP contribution in [0.3, 0.4) is 0 Å². The highest BCUT2D eigenvalue weighted by Gasteiger charge is 2.44. The lowest BCUT2D eigenvalue weighted by molar-refractivity contribution is 0.161. The molecule has 3 aliphatic rings. The third kappa shape index (κ3) is 3.36. The number of fused-ring (bicyclic) bond motifs is 6. The molecular weight excluding hydrogens is 436 g/mol. The van der Waals surface area contributed by atoms with Gasteiger partial charge in [0.15, 0.2) is 5.65 Å². The van der Waals surface area contributed by atoms with Crippen LogP contribution in [-0.2, 0) is 18.4 Å². The minimum absolute atomic E-state index is 0.0394. The summed E-state index contributed by atoms with van der Waals surface area (Å²) in [4.78, 5) is 21.7. The first-order chi connectivity index (χ1) is 17.2. The maximum Gasteiger partial charge on any atom is 0.225 e. The van der Waals surface area contributed by atoms with Gasteiger partial charge in [-0.15, -0.1) is 0 Å². The average molecular weight is 467 g/mol. The highest BCUT2D eigenvalue weighted by atomic mass is 16.3. The van der Waals surface area contributed by atoms with Gasteiger partial charge >= 0.3 is 0 Å². The first-order valence-electron chi connectivity index (χ1n) is 12.9. The fourth-order valence-electron chi connectivity index (χ4n) is 6.49. The van der Waals surface area contributed by atoms with Gasteiger partial charge in [-0.3, -0.25) is 0 Å². The van der Waals surface area contributed by atoms with Gasteiger partial charge in [0.25, 0.3) is 0 Å². The molecule has 1 aromatic carbocycles. The van der Waals surface area contributed by atoms with E-state index in [9.17, 15) is 5.11 Å². The van der Waals surface area contributed by atoms with Crippen LogP contribution in [-0.4, -0.2) is 48.8 Å². The molecule has 4 aromatic rings. The smallest absolute Gasteiger partial charge is 0.225 e. The van der Waals surface area contributed by atoms with Crippen molar-refractivity contribution >= 4 is 17.1 Å². The Labute approximate surface area is 204 Å². The van der Waals surface area contributed by atoms with Gasteiger partial charge in [-0.1, -0.05) is 24.3 Å². The van der Waals surface area contributed by atoms with Crippen LogP contribution in [0.5, 0.6) is 0 Å². The van der Waals surface area contributed by atoms with Crippen LogP contribution in [0, 0.1) is 0 Å².